The Hall–Kier alpha value is -2.31. The van der Waals surface area contributed by atoms with E-state index in [1.807, 2.05) is 0 Å². The summed E-state index contributed by atoms with van der Waals surface area (Å²) >= 11 is 5.99. The first-order valence-corrected chi connectivity index (χ1v) is 9.63. The molecule has 1 amide bonds. The summed E-state index contributed by atoms with van der Waals surface area (Å²) in [6.45, 7) is 0. The van der Waals surface area contributed by atoms with Crippen molar-refractivity contribution in [1.29, 1.82) is 0 Å². The van der Waals surface area contributed by atoms with Gasteiger partial charge in [0.05, 0.1) is 18.9 Å². The molecule has 3 rings (SSSR count). The molecule has 1 unspecified atom stereocenters. The summed E-state index contributed by atoms with van der Waals surface area (Å²) in [7, 11) is -1.76. The lowest BCUT2D eigenvalue weighted by molar-refractivity contribution is 0.0983. The van der Waals surface area contributed by atoms with Crippen LogP contribution in [-0.2, 0) is 9.84 Å². The molecule has 0 bridgehead atoms. The zero-order valence-corrected chi connectivity index (χ0v) is 15.0. The Morgan fingerprint density at radius 1 is 1.20 bits per heavy atom. The number of methoxy groups -OCH3 is 1. The summed E-state index contributed by atoms with van der Waals surface area (Å²) in [6, 6.07) is 12.9. The molecule has 130 valence electrons. The largest absolute Gasteiger partial charge is 0.497 e. The highest BCUT2D eigenvalue weighted by Gasteiger charge is 2.32. The third-order valence-electron chi connectivity index (χ3n) is 3.88. The van der Waals surface area contributed by atoms with E-state index in [1.165, 1.54) is 11.0 Å². The van der Waals surface area contributed by atoms with E-state index in [4.69, 9.17) is 16.3 Å². The van der Waals surface area contributed by atoms with Crippen molar-refractivity contribution >= 4 is 33.0 Å². The summed E-state index contributed by atoms with van der Waals surface area (Å²) in [5, 5.41) is 1.59. The van der Waals surface area contributed by atoms with Crippen molar-refractivity contribution in [3.05, 3.63) is 70.6 Å². The molecule has 5 nitrogen and oxygen atoms in total. The van der Waals surface area contributed by atoms with Gasteiger partial charge in [0.2, 0.25) is 0 Å². The predicted octanol–water partition coefficient (Wildman–Crippen LogP) is 3.31. The van der Waals surface area contributed by atoms with Gasteiger partial charge < -0.3 is 9.64 Å². The van der Waals surface area contributed by atoms with Crippen LogP contribution >= 0.6 is 11.6 Å². The van der Waals surface area contributed by atoms with Crippen LogP contribution in [0.1, 0.15) is 10.4 Å². The van der Waals surface area contributed by atoms with Gasteiger partial charge in [-0.15, -0.1) is 0 Å². The van der Waals surface area contributed by atoms with Crippen molar-refractivity contribution in [2.24, 2.45) is 0 Å². The molecule has 25 heavy (non-hydrogen) atoms. The highest BCUT2D eigenvalue weighted by Crippen LogP contribution is 2.27. The molecule has 1 aliphatic heterocycles. The third kappa shape index (κ3) is 3.86. The Morgan fingerprint density at radius 3 is 2.48 bits per heavy atom. The number of halogens is 1. The summed E-state index contributed by atoms with van der Waals surface area (Å²) < 4.78 is 28.8. The standard InChI is InChI=1S/C18H16ClNO4S/c1-24-17-7-5-15(6-8-17)20(16-9-10-25(22,23)12-16)18(21)13-3-2-4-14(19)11-13/h2-11,16H,12H2,1H3. The number of carbonyl (C=O) groups is 1. The number of benzene rings is 2. The van der Waals surface area contributed by atoms with E-state index >= 15 is 0 Å². The molecular formula is C18H16ClNO4S. The quantitative estimate of drug-likeness (QED) is 0.820. The molecule has 0 saturated carbocycles. The maximum atomic E-state index is 13.1. The monoisotopic (exact) mass is 377 g/mol. The molecule has 0 spiro atoms. The number of anilines is 1. The van der Waals surface area contributed by atoms with Gasteiger partial charge in [-0.1, -0.05) is 17.7 Å². The van der Waals surface area contributed by atoms with Crippen LogP contribution in [0.2, 0.25) is 5.02 Å². The summed E-state index contributed by atoms with van der Waals surface area (Å²) in [6.07, 6.45) is 1.53. The molecule has 0 saturated heterocycles. The van der Waals surface area contributed by atoms with Gasteiger partial charge >= 0.3 is 0 Å². The lowest BCUT2D eigenvalue weighted by Gasteiger charge is -2.28. The van der Waals surface area contributed by atoms with Crippen molar-refractivity contribution in [1.82, 2.24) is 0 Å². The number of sulfone groups is 1. The normalized spacial score (nSPS) is 18.1. The topological polar surface area (TPSA) is 63.7 Å². The molecule has 1 aliphatic rings. The number of carbonyl (C=O) groups excluding carboxylic acids is 1. The van der Waals surface area contributed by atoms with E-state index in [1.54, 1.807) is 55.6 Å². The van der Waals surface area contributed by atoms with Crippen LogP contribution < -0.4 is 9.64 Å². The van der Waals surface area contributed by atoms with Crippen LogP contribution in [0.15, 0.2) is 60.0 Å². The number of hydrogen-bond acceptors (Lipinski definition) is 4. The lowest BCUT2D eigenvalue weighted by Crippen LogP contribution is -2.41. The fourth-order valence-corrected chi connectivity index (χ4v) is 4.14. The van der Waals surface area contributed by atoms with Gasteiger partial charge in [-0.2, -0.15) is 0 Å². The Bertz CT molecular complexity index is 922. The molecule has 0 fully saturated rings. The van der Waals surface area contributed by atoms with Crippen molar-refractivity contribution in [2.75, 3.05) is 17.8 Å². The molecule has 2 aromatic rings. The van der Waals surface area contributed by atoms with Crippen molar-refractivity contribution in [3.63, 3.8) is 0 Å². The SMILES string of the molecule is COc1ccc(N(C(=O)c2cccc(Cl)c2)C2C=CS(=O)(=O)C2)cc1. The molecule has 0 N–H and O–H groups in total. The Labute approximate surface area is 151 Å². The maximum Gasteiger partial charge on any atom is 0.258 e. The highest BCUT2D eigenvalue weighted by molar-refractivity contribution is 7.94. The number of ether oxygens (including phenoxy) is 1. The minimum atomic E-state index is -3.31. The fraction of sp³-hybridized carbons (Fsp3) is 0.167. The molecule has 0 aliphatic carbocycles. The van der Waals surface area contributed by atoms with Crippen molar-refractivity contribution in [3.8, 4) is 5.75 Å². The van der Waals surface area contributed by atoms with Crippen LogP contribution in [0.25, 0.3) is 0 Å². The Kier molecular flexibility index (Phi) is 4.83. The van der Waals surface area contributed by atoms with Gasteiger partial charge in [0.1, 0.15) is 5.75 Å². The lowest BCUT2D eigenvalue weighted by atomic mass is 10.1. The van der Waals surface area contributed by atoms with E-state index in [2.05, 4.69) is 0 Å². The predicted molar refractivity (Wildman–Crippen MR) is 98.0 cm³/mol. The number of hydrogen-bond donors (Lipinski definition) is 0. The maximum absolute atomic E-state index is 13.1. The second kappa shape index (κ2) is 6.90. The summed E-state index contributed by atoms with van der Waals surface area (Å²) in [5.74, 6) is 0.179. The molecular weight excluding hydrogens is 362 g/mol. The summed E-state index contributed by atoms with van der Waals surface area (Å²) in [4.78, 5) is 14.5. The number of nitrogens with zero attached hydrogens (tertiary/aromatic N) is 1. The number of rotatable bonds is 4. The molecule has 1 heterocycles. The second-order valence-corrected chi connectivity index (χ2v) is 7.98. The molecule has 0 aromatic heterocycles. The average Bonchev–Trinajstić information content (AvgIpc) is 2.95. The van der Waals surface area contributed by atoms with Gasteiger partial charge in [0.15, 0.2) is 9.84 Å². The first-order valence-electron chi connectivity index (χ1n) is 7.54. The number of amides is 1. The van der Waals surface area contributed by atoms with Crippen molar-refractivity contribution in [2.45, 2.75) is 6.04 Å². The zero-order valence-electron chi connectivity index (χ0n) is 13.4. The van der Waals surface area contributed by atoms with E-state index in [9.17, 15) is 13.2 Å². The van der Waals surface area contributed by atoms with Crippen molar-refractivity contribution < 1.29 is 17.9 Å². The molecule has 0 radical (unpaired) electrons. The van der Waals surface area contributed by atoms with Crippen LogP contribution in [0, 0.1) is 0 Å². The molecule has 1 atom stereocenters. The third-order valence-corrected chi connectivity index (χ3v) is 5.50. The van der Waals surface area contributed by atoms with E-state index in [0.29, 0.717) is 22.0 Å². The van der Waals surface area contributed by atoms with Gasteiger partial charge in [0, 0.05) is 21.7 Å². The highest BCUT2D eigenvalue weighted by atomic mass is 35.5. The van der Waals surface area contributed by atoms with Crippen LogP contribution in [0.4, 0.5) is 5.69 Å². The van der Waals surface area contributed by atoms with Gasteiger partial charge in [-0.25, -0.2) is 8.42 Å². The fourth-order valence-electron chi connectivity index (χ4n) is 2.68. The van der Waals surface area contributed by atoms with Gasteiger partial charge in [-0.05, 0) is 48.5 Å². The van der Waals surface area contributed by atoms with E-state index < -0.39 is 15.9 Å². The van der Waals surface area contributed by atoms with Crippen LogP contribution in [-0.4, -0.2) is 33.2 Å². The minimum Gasteiger partial charge on any atom is -0.497 e. The average molecular weight is 378 g/mol. The Balaban J connectivity index is 2.02. The molecule has 7 heteroatoms. The van der Waals surface area contributed by atoms with Gasteiger partial charge in [0.25, 0.3) is 5.91 Å². The molecule has 2 aromatic carbocycles. The smallest absolute Gasteiger partial charge is 0.258 e. The van der Waals surface area contributed by atoms with E-state index in [-0.39, 0.29) is 11.7 Å². The van der Waals surface area contributed by atoms with Crippen LogP contribution in [0.3, 0.4) is 0 Å². The zero-order chi connectivity index (χ0) is 18.0. The second-order valence-electron chi connectivity index (χ2n) is 5.61. The Morgan fingerprint density at radius 2 is 1.92 bits per heavy atom. The van der Waals surface area contributed by atoms with Crippen LogP contribution in [0.5, 0.6) is 5.75 Å². The van der Waals surface area contributed by atoms with E-state index in [0.717, 1.165) is 5.41 Å². The summed E-state index contributed by atoms with van der Waals surface area (Å²) in [5.41, 5.74) is 0.971. The van der Waals surface area contributed by atoms with Gasteiger partial charge in [-0.3, -0.25) is 4.79 Å². The minimum absolute atomic E-state index is 0.147. The first kappa shape index (κ1) is 17.5. The first-order chi connectivity index (χ1) is 11.9.